The summed E-state index contributed by atoms with van der Waals surface area (Å²) in [5, 5.41) is 19.8. The van der Waals surface area contributed by atoms with Gasteiger partial charge in [0.05, 0.1) is 37.5 Å². The number of hydrogen-bond donors (Lipinski definition) is 2. The van der Waals surface area contributed by atoms with Crippen LogP contribution in [0.25, 0.3) is 22.2 Å². The Bertz CT molecular complexity index is 1470. The van der Waals surface area contributed by atoms with Crippen LogP contribution in [0.15, 0.2) is 65.6 Å². The average molecular weight is 560 g/mol. The van der Waals surface area contributed by atoms with Crippen LogP contribution in [0.3, 0.4) is 0 Å². The molecule has 4 aromatic rings. The summed E-state index contributed by atoms with van der Waals surface area (Å²) in [6.45, 7) is 2.64. The van der Waals surface area contributed by atoms with Crippen molar-refractivity contribution in [3.05, 3.63) is 66.7 Å². The van der Waals surface area contributed by atoms with Crippen LogP contribution in [0.4, 0.5) is 0 Å². The minimum atomic E-state index is -1.03. The average Bonchev–Trinajstić information content (AvgIpc) is 3.65. The molecule has 10 nitrogen and oxygen atoms in total. The van der Waals surface area contributed by atoms with Crippen LogP contribution in [0, 0.1) is 0 Å². The van der Waals surface area contributed by atoms with Crippen LogP contribution in [0.2, 0.25) is 0 Å². The van der Waals surface area contributed by atoms with Gasteiger partial charge in [0.1, 0.15) is 11.4 Å². The number of benzene rings is 2. The van der Waals surface area contributed by atoms with E-state index in [0.717, 1.165) is 35.9 Å². The zero-order valence-electron chi connectivity index (χ0n) is 23.4. The van der Waals surface area contributed by atoms with Crippen molar-refractivity contribution in [1.82, 2.24) is 24.9 Å². The first-order valence-corrected chi connectivity index (χ1v) is 14.4. The lowest BCUT2D eigenvalue weighted by Gasteiger charge is -2.41. The van der Waals surface area contributed by atoms with Gasteiger partial charge in [-0.2, -0.15) is 0 Å². The number of amides is 1. The predicted molar refractivity (Wildman–Crippen MR) is 154 cm³/mol. The smallest absolute Gasteiger partial charge is 0.275 e. The second-order valence-electron chi connectivity index (χ2n) is 11.0. The van der Waals surface area contributed by atoms with E-state index in [0.29, 0.717) is 56.1 Å². The molecule has 216 valence electrons. The van der Waals surface area contributed by atoms with Gasteiger partial charge in [-0.15, -0.1) is 0 Å². The summed E-state index contributed by atoms with van der Waals surface area (Å²) < 4.78 is 18.7. The highest BCUT2D eigenvalue weighted by molar-refractivity contribution is 5.98. The molecular formula is C31H37N5O5. The molecule has 2 fully saturated rings. The molecule has 6 rings (SSSR count). The highest BCUT2D eigenvalue weighted by Crippen LogP contribution is 2.41. The van der Waals surface area contributed by atoms with E-state index in [4.69, 9.17) is 19.0 Å². The van der Waals surface area contributed by atoms with Crippen molar-refractivity contribution in [3.63, 3.8) is 0 Å². The Balaban J connectivity index is 1.25. The second kappa shape index (κ2) is 12.0. The molecule has 2 aromatic heterocycles. The number of ether oxygens (including phenoxy) is 2. The standard InChI is InChI=1S/C31H37N5O5/c1-39-20-31(38)13-6-5-9-27(31)36-21-33-28(29(36)22-7-3-2-4-8-22)30(37)35-15-14-32-19-24(35)12-16-40-25-11-10-23-18-34-41-26(23)17-25/h2-4,7-8,10-11,17-18,21,24,27,32,38H,5-6,9,12-16,19-20H2,1H3/t24-,27-,31-/m1/s1. The highest BCUT2D eigenvalue weighted by atomic mass is 16.5. The third-order valence-corrected chi connectivity index (χ3v) is 8.39. The van der Waals surface area contributed by atoms with Crippen molar-refractivity contribution in [2.75, 3.05) is 40.0 Å². The first-order valence-electron chi connectivity index (χ1n) is 14.4. The fourth-order valence-electron chi connectivity index (χ4n) is 6.32. The van der Waals surface area contributed by atoms with Crippen molar-refractivity contribution in [1.29, 1.82) is 0 Å². The topological polar surface area (TPSA) is 115 Å². The molecule has 0 radical (unpaired) electrons. The largest absolute Gasteiger partial charge is 0.493 e. The van der Waals surface area contributed by atoms with Gasteiger partial charge in [-0.3, -0.25) is 4.79 Å². The van der Waals surface area contributed by atoms with Gasteiger partial charge in [0.15, 0.2) is 11.3 Å². The van der Waals surface area contributed by atoms with E-state index in [2.05, 4.69) is 10.5 Å². The number of methoxy groups -OCH3 is 1. The van der Waals surface area contributed by atoms with Gasteiger partial charge >= 0.3 is 0 Å². The molecule has 1 amide bonds. The van der Waals surface area contributed by atoms with Crippen molar-refractivity contribution >= 4 is 16.9 Å². The van der Waals surface area contributed by atoms with Gasteiger partial charge in [-0.25, -0.2) is 4.98 Å². The summed E-state index contributed by atoms with van der Waals surface area (Å²) in [7, 11) is 1.62. The Morgan fingerprint density at radius 2 is 2.10 bits per heavy atom. The molecule has 2 aliphatic rings. The molecule has 2 aromatic carbocycles. The number of rotatable bonds is 9. The van der Waals surface area contributed by atoms with Crippen LogP contribution in [-0.2, 0) is 4.74 Å². The number of aromatic nitrogens is 3. The van der Waals surface area contributed by atoms with E-state index in [1.165, 1.54) is 0 Å². The maximum atomic E-state index is 14.2. The van der Waals surface area contributed by atoms with Gasteiger partial charge in [0, 0.05) is 56.2 Å². The quantitative estimate of drug-likeness (QED) is 0.316. The fraction of sp³-hybridized carbons (Fsp3) is 0.452. The summed E-state index contributed by atoms with van der Waals surface area (Å²) in [6.07, 6.45) is 7.43. The zero-order valence-corrected chi connectivity index (χ0v) is 23.4. The highest BCUT2D eigenvalue weighted by Gasteiger charge is 2.42. The molecule has 0 spiro atoms. The van der Waals surface area contributed by atoms with Crippen molar-refractivity contribution in [2.24, 2.45) is 0 Å². The zero-order chi connectivity index (χ0) is 28.2. The van der Waals surface area contributed by atoms with Gasteiger partial charge in [-0.1, -0.05) is 48.3 Å². The number of imidazole rings is 1. The van der Waals surface area contributed by atoms with E-state index in [-0.39, 0.29) is 24.6 Å². The third-order valence-electron chi connectivity index (χ3n) is 8.39. The van der Waals surface area contributed by atoms with Crippen LogP contribution < -0.4 is 10.1 Å². The Morgan fingerprint density at radius 1 is 1.22 bits per heavy atom. The SMILES string of the molecule is COC[C@]1(O)CCCC[C@H]1n1cnc(C(=O)N2CCNC[C@H]2CCOc2ccc3cnoc3c2)c1-c1ccccc1. The predicted octanol–water partition coefficient (Wildman–Crippen LogP) is 4.07. The molecule has 0 bridgehead atoms. The summed E-state index contributed by atoms with van der Waals surface area (Å²) in [5.41, 5.74) is 1.70. The molecule has 2 N–H and O–H groups in total. The minimum Gasteiger partial charge on any atom is -0.493 e. The number of piperazine rings is 1. The van der Waals surface area contributed by atoms with E-state index >= 15 is 0 Å². The van der Waals surface area contributed by atoms with Crippen LogP contribution in [0.1, 0.15) is 48.6 Å². The van der Waals surface area contributed by atoms with Crippen LogP contribution in [0.5, 0.6) is 5.75 Å². The monoisotopic (exact) mass is 559 g/mol. The van der Waals surface area contributed by atoms with Gasteiger partial charge in [0.2, 0.25) is 0 Å². The van der Waals surface area contributed by atoms with Crippen molar-refractivity contribution in [3.8, 4) is 17.0 Å². The molecule has 0 unspecified atom stereocenters. The number of carbonyl (C=O) groups is 1. The number of carbonyl (C=O) groups excluding carboxylic acids is 1. The lowest BCUT2D eigenvalue weighted by atomic mass is 9.80. The lowest BCUT2D eigenvalue weighted by molar-refractivity contribution is -0.0893. The normalized spacial score (nSPS) is 23.1. The fourth-order valence-corrected chi connectivity index (χ4v) is 6.32. The maximum absolute atomic E-state index is 14.2. The van der Waals surface area contributed by atoms with Gasteiger partial charge in [0.25, 0.3) is 5.91 Å². The second-order valence-corrected chi connectivity index (χ2v) is 11.0. The molecule has 10 heteroatoms. The minimum absolute atomic E-state index is 0.0564. The van der Waals surface area contributed by atoms with E-state index < -0.39 is 5.60 Å². The van der Waals surface area contributed by atoms with Gasteiger partial charge < -0.3 is 33.9 Å². The number of nitrogens with zero attached hydrogens (tertiary/aromatic N) is 4. The van der Waals surface area contributed by atoms with Crippen LogP contribution in [-0.4, -0.2) is 82.2 Å². The van der Waals surface area contributed by atoms with Crippen molar-refractivity contribution < 1.29 is 23.9 Å². The number of aliphatic hydroxyl groups is 1. The Labute approximate surface area is 239 Å². The van der Waals surface area contributed by atoms with Crippen LogP contribution >= 0.6 is 0 Å². The summed E-state index contributed by atoms with van der Waals surface area (Å²) in [6, 6.07) is 15.2. The summed E-state index contributed by atoms with van der Waals surface area (Å²) in [5.74, 6) is 0.598. The number of nitrogens with one attached hydrogen (secondary N) is 1. The third kappa shape index (κ3) is 5.59. The lowest BCUT2D eigenvalue weighted by Crippen LogP contribution is -2.54. The Morgan fingerprint density at radius 3 is 2.95 bits per heavy atom. The molecule has 1 aliphatic heterocycles. The molecular weight excluding hydrogens is 522 g/mol. The first-order chi connectivity index (χ1) is 20.1. The summed E-state index contributed by atoms with van der Waals surface area (Å²) in [4.78, 5) is 20.8. The van der Waals surface area contributed by atoms with Gasteiger partial charge in [-0.05, 0) is 25.0 Å². The Hall–Kier alpha value is -3.73. The molecule has 1 saturated carbocycles. The molecule has 3 heterocycles. The number of fused-ring (bicyclic) bond motifs is 1. The maximum Gasteiger partial charge on any atom is 0.275 e. The molecule has 1 saturated heterocycles. The summed E-state index contributed by atoms with van der Waals surface area (Å²) >= 11 is 0. The Kier molecular flexibility index (Phi) is 8.04. The number of hydrogen-bond acceptors (Lipinski definition) is 8. The van der Waals surface area contributed by atoms with Crippen molar-refractivity contribution in [2.45, 2.75) is 49.8 Å². The van der Waals surface area contributed by atoms with E-state index in [1.807, 2.05) is 58.0 Å². The molecule has 3 atom stereocenters. The van der Waals surface area contributed by atoms with E-state index in [9.17, 15) is 9.90 Å². The molecule has 1 aliphatic carbocycles. The van der Waals surface area contributed by atoms with E-state index in [1.54, 1.807) is 19.6 Å². The molecule has 41 heavy (non-hydrogen) atoms. The first kappa shape index (κ1) is 27.4.